The predicted molar refractivity (Wildman–Crippen MR) is 79.8 cm³/mol. The van der Waals surface area contributed by atoms with Gasteiger partial charge in [-0.05, 0) is 26.1 Å². The molecule has 2 aromatic heterocycles. The molecule has 102 valence electrons. The minimum Gasteiger partial charge on any atom is -0.360 e. The maximum atomic E-state index is 12.0. The summed E-state index contributed by atoms with van der Waals surface area (Å²) in [6.07, 6.45) is 4.20. The standard InChI is InChI=1S/C15H16N4O/c1-16-7-6-10-8-18-14(19-15(10)20)12-9-17-13-5-3-2-4-11(12)13/h2-5,8-9,16-17H,6-7H2,1H3,(H,18,19,20). The van der Waals surface area contributed by atoms with Crippen molar-refractivity contribution >= 4 is 10.9 Å². The Kier molecular flexibility index (Phi) is 3.35. The molecule has 0 fully saturated rings. The molecule has 0 atom stereocenters. The van der Waals surface area contributed by atoms with Gasteiger partial charge in [-0.2, -0.15) is 0 Å². The number of likely N-dealkylation sites (N-methyl/N-ethyl adjacent to an activating group) is 1. The van der Waals surface area contributed by atoms with Crippen LogP contribution in [-0.2, 0) is 6.42 Å². The van der Waals surface area contributed by atoms with Gasteiger partial charge in [-0.1, -0.05) is 18.2 Å². The van der Waals surface area contributed by atoms with E-state index in [0.717, 1.165) is 23.0 Å². The Morgan fingerprint density at radius 3 is 2.95 bits per heavy atom. The van der Waals surface area contributed by atoms with Crippen molar-refractivity contribution in [1.82, 2.24) is 20.3 Å². The summed E-state index contributed by atoms with van der Waals surface area (Å²) in [5.41, 5.74) is 2.57. The Morgan fingerprint density at radius 1 is 1.30 bits per heavy atom. The molecule has 0 aliphatic heterocycles. The van der Waals surface area contributed by atoms with Gasteiger partial charge in [0.25, 0.3) is 5.56 Å². The average molecular weight is 268 g/mol. The van der Waals surface area contributed by atoms with Crippen LogP contribution in [0.1, 0.15) is 5.56 Å². The van der Waals surface area contributed by atoms with Gasteiger partial charge >= 0.3 is 0 Å². The van der Waals surface area contributed by atoms with Crippen molar-refractivity contribution in [2.45, 2.75) is 6.42 Å². The highest BCUT2D eigenvalue weighted by atomic mass is 16.1. The number of nitrogens with one attached hydrogen (secondary N) is 3. The van der Waals surface area contributed by atoms with Crippen LogP contribution in [0.5, 0.6) is 0 Å². The van der Waals surface area contributed by atoms with Crippen molar-refractivity contribution in [3.8, 4) is 11.4 Å². The van der Waals surface area contributed by atoms with Gasteiger partial charge in [-0.3, -0.25) is 4.79 Å². The van der Waals surface area contributed by atoms with E-state index in [1.165, 1.54) is 0 Å². The van der Waals surface area contributed by atoms with Crippen LogP contribution in [-0.4, -0.2) is 28.5 Å². The maximum Gasteiger partial charge on any atom is 0.254 e. The molecule has 0 radical (unpaired) electrons. The van der Waals surface area contributed by atoms with Crippen LogP contribution in [0.2, 0.25) is 0 Å². The van der Waals surface area contributed by atoms with Crippen molar-refractivity contribution in [2.24, 2.45) is 0 Å². The van der Waals surface area contributed by atoms with E-state index in [1.54, 1.807) is 6.20 Å². The number of hydrogen-bond donors (Lipinski definition) is 3. The topological polar surface area (TPSA) is 73.6 Å². The molecule has 1 aromatic carbocycles. The molecule has 3 rings (SSSR count). The fourth-order valence-corrected chi connectivity index (χ4v) is 2.26. The maximum absolute atomic E-state index is 12.0. The fourth-order valence-electron chi connectivity index (χ4n) is 2.26. The quantitative estimate of drug-likeness (QED) is 0.674. The Bertz CT molecular complexity index is 788. The Hall–Kier alpha value is -2.40. The number of benzene rings is 1. The smallest absolute Gasteiger partial charge is 0.254 e. The lowest BCUT2D eigenvalue weighted by molar-refractivity contribution is 0.781. The minimum absolute atomic E-state index is 0.0736. The second kappa shape index (κ2) is 5.30. The third-order valence-corrected chi connectivity index (χ3v) is 3.36. The highest BCUT2D eigenvalue weighted by Gasteiger charge is 2.09. The molecule has 0 saturated carbocycles. The minimum atomic E-state index is -0.0736. The van der Waals surface area contributed by atoms with E-state index in [1.807, 2.05) is 37.5 Å². The number of hydrogen-bond acceptors (Lipinski definition) is 3. The van der Waals surface area contributed by atoms with E-state index in [9.17, 15) is 4.79 Å². The second-order valence-electron chi connectivity index (χ2n) is 4.69. The van der Waals surface area contributed by atoms with Gasteiger partial charge in [-0.15, -0.1) is 0 Å². The van der Waals surface area contributed by atoms with E-state index in [0.29, 0.717) is 17.8 Å². The first-order valence-electron chi connectivity index (χ1n) is 6.59. The first kappa shape index (κ1) is 12.6. The zero-order valence-electron chi connectivity index (χ0n) is 11.2. The van der Waals surface area contributed by atoms with Gasteiger partial charge < -0.3 is 15.3 Å². The molecule has 0 aliphatic carbocycles. The van der Waals surface area contributed by atoms with Crippen molar-refractivity contribution in [3.05, 3.63) is 52.6 Å². The summed E-state index contributed by atoms with van der Waals surface area (Å²) in [6, 6.07) is 7.95. The van der Waals surface area contributed by atoms with E-state index < -0.39 is 0 Å². The summed E-state index contributed by atoms with van der Waals surface area (Å²) in [7, 11) is 1.86. The number of aromatic amines is 2. The lowest BCUT2D eigenvalue weighted by Crippen LogP contribution is -2.19. The third-order valence-electron chi connectivity index (χ3n) is 3.36. The van der Waals surface area contributed by atoms with E-state index in [-0.39, 0.29) is 5.56 Å². The van der Waals surface area contributed by atoms with Crippen LogP contribution in [0.3, 0.4) is 0 Å². The van der Waals surface area contributed by atoms with E-state index >= 15 is 0 Å². The van der Waals surface area contributed by atoms with Crippen LogP contribution in [0.4, 0.5) is 0 Å². The van der Waals surface area contributed by atoms with Gasteiger partial charge in [0.2, 0.25) is 0 Å². The Labute approximate surface area is 116 Å². The van der Waals surface area contributed by atoms with Crippen molar-refractivity contribution in [2.75, 3.05) is 13.6 Å². The van der Waals surface area contributed by atoms with Crippen LogP contribution in [0.25, 0.3) is 22.3 Å². The number of rotatable bonds is 4. The van der Waals surface area contributed by atoms with Gasteiger partial charge in [-0.25, -0.2) is 4.98 Å². The summed E-state index contributed by atoms with van der Waals surface area (Å²) >= 11 is 0. The van der Waals surface area contributed by atoms with Crippen LogP contribution in [0, 0.1) is 0 Å². The molecule has 3 aromatic rings. The van der Waals surface area contributed by atoms with E-state index in [2.05, 4.69) is 20.3 Å². The SMILES string of the molecule is CNCCc1cnc(-c2c[nH]c3ccccc23)[nH]c1=O. The summed E-state index contributed by atoms with van der Waals surface area (Å²) < 4.78 is 0. The Balaban J connectivity index is 2.02. The van der Waals surface area contributed by atoms with Crippen LogP contribution in [0.15, 0.2) is 41.5 Å². The van der Waals surface area contributed by atoms with Crippen LogP contribution < -0.4 is 10.9 Å². The molecule has 0 unspecified atom stereocenters. The van der Waals surface area contributed by atoms with Gasteiger partial charge in [0.1, 0.15) is 5.82 Å². The van der Waals surface area contributed by atoms with Crippen molar-refractivity contribution in [3.63, 3.8) is 0 Å². The molecule has 0 bridgehead atoms. The van der Waals surface area contributed by atoms with Crippen LogP contribution >= 0.6 is 0 Å². The lowest BCUT2D eigenvalue weighted by atomic mass is 10.1. The first-order chi connectivity index (χ1) is 9.79. The average Bonchev–Trinajstić information content (AvgIpc) is 2.90. The predicted octanol–water partition coefficient (Wildman–Crippen LogP) is 1.68. The first-order valence-corrected chi connectivity index (χ1v) is 6.59. The molecule has 2 heterocycles. The molecule has 5 nitrogen and oxygen atoms in total. The monoisotopic (exact) mass is 268 g/mol. The fraction of sp³-hybridized carbons (Fsp3) is 0.200. The van der Waals surface area contributed by atoms with Gasteiger partial charge in [0, 0.05) is 34.4 Å². The zero-order chi connectivity index (χ0) is 13.9. The number of aromatic nitrogens is 3. The molecule has 0 aliphatic rings. The largest absolute Gasteiger partial charge is 0.360 e. The number of nitrogens with zero attached hydrogens (tertiary/aromatic N) is 1. The summed E-state index contributed by atoms with van der Waals surface area (Å²) in [5, 5.41) is 4.08. The lowest BCUT2D eigenvalue weighted by Gasteiger charge is -2.02. The summed E-state index contributed by atoms with van der Waals surface area (Å²) in [5.74, 6) is 0.598. The molecule has 0 saturated heterocycles. The van der Waals surface area contributed by atoms with Crippen molar-refractivity contribution in [1.29, 1.82) is 0 Å². The second-order valence-corrected chi connectivity index (χ2v) is 4.69. The molecular formula is C15H16N4O. The molecule has 5 heteroatoms. The highest BCUT2D eigenvalue weighted by Crippen LogP contribution is 2.24. The molecular weight excluding hydrogens is 252 g/mol. The highest BCUT2D eigenvalue weighted by molar-refractivity contribution is 5.93. The summed E-state index contributed by atoms with van der Waals surface area (Å²) in [4.78, 5) is 22.5. The number of fused-ring (bicyclic) bond motifs is 1. The molecule has 0 amide bonds. The van der Waals surface area contributed by atoms with Crippen molar-refractivity contribution < 1.29 is 0 Å². The summed E-state index contributed by atoms with van der Waals surface area (Å²) in [6.45, 7) is 0.761. The number of para-hydroxylation sites is 1. The third kappa shape index (κ3) is 2.23. The van der Waals surface area contributed by atoms with Gasteiger partial charge in [0.05, 0.1) is 0 Å². The normalized spacial score (nSPS) is 11.1. The van der Waals surface area contributed by atoms with Gasteiger partial charge in [0.15, 0.2) is 0 Å². The number of H-pyrrole nitrogens is 2. The van der Waals surface area contributed by atoms with E-state index in [4.69, 9.17) is 0 Å². The molecule has 3 N–H and O–H groups in total. The zero-order valence-corrected chi connectivity index (χ0v) is 11.2. The molecule has 20 heavy (non-hydrogen) atoms. The molecule has 0 spiro atoms. The Morgan fingerprint density at radius 2 is 2.15 bits per heavy atom.